The van der Waals surface area contributed by atoms with Crippen LogP contribution < -0.4 is 11.1 Å². The van der Waals surface area contributed by atoms with Gasteiger partial charge in [-0.25, -0.2) is 0 Å². The smallest absolute Gasteiger partial charge is 0.190 e. The molecular formula is C9H16N6. The fourth-order valence-electron chi connectivity index (χ4n) is 1.27. The molecule has 1 heterocycles. The Morgan fingerprint density at radius 1 is 1.67 bits per heavy atom. The van der Waals surface area contributed by atoms with Gasteiger partial charge in [0.05, 0.1) is 0 Å². The van der Waals surface area contributed by atoms with Crippen LogP contribution in [0.2, 0.25) is 0 Å². The van der Waals surface area contributed by atoms with E-state index < -0.39 is 0 Å². The van der Waals surface area contributed by atoms with E-state index >= 15 is 0 Å². The molecule has 6 nitrogen and oxygen atoms in total. The SMILES string of the molecule is C=C1CCN(C(=N)N)C(C)N=NC(=C)N1. The maximum atomic E-state index is 7.40. The van der Waals surface area contributed by atoms with Crippen molar-refractivity contribution in [3.8, 4) is 0 Å². The topological polar surface area (TPSA) is 89.9 Å². The molecule has 1 rings (SSSR count). The Hall–Kier alpha value is -1.85. The molecule has 0 fully saturated rings. The fourth-order valence-corrected chi connectivity index (χ4v) is 1.27. The molecule has 1 atom stereocenters. The van der Waals surface area contributed by atoms with Crippen molar-refractivity contribution in [1.29, 1.82) is 5.41 Å². The molecule has 0 saturated carbocycles. The summed E-state index contributed by atoms with van der Waals surface area (Å²) in [6.45, 7) is 9.91. The summed E-state index contributed by atoms with van der Waals surface area (Å²) in [7, 11) is 0. The third-order valence-electron chi connectivity index (χ3n) is 2.08. The van der Waals surface area contributed by atoms with Crippen LogP contribution in [0, 0.1) is 5.41 Å². The molecule has 82 valence electrons. The first-order valence-corrected chi connectivity index (χ1v) is 4.66. The largest absolute Gasteiger partial charge is 0.370 e. The molecule has 1 aliphatic rings. The molecule has 0 aliphatic carbocycles. The number of guanidine groups is 1. The summed E-state index contributed by atoms with van der Waals surface area (Å²) in [6.07, 6.45) is 0.417. The normalized spacial score (nSPS) is 22.7. The summed E-state index contributed by atoms with van der Waals surface area (Å²) in [5.74, 6) is 0.444. The second kappa shape index (κ2) is 4.59. The molecule has 0 spiro atoms. The molecule has 0 aromatic heterocycles. The van der Waals surface area contributed by atoms with E-state index in [-0.39, 0.29) is 12.1 Å². The zero-order valence-corrected chi connectivity index (χ0v) is 8.82. The Morgan fingerprint density at radius 2 is 2.33 bits per heavy atom. The molecule has 0 bridgehead atoms. The van der Waals surface area contributed by atoms with E-state index in [1.54, 1.807) is 4.90 Å². The lowest BCUT2D eigenvalue weighted by Gasteiger charge is -2.25. The van der Waals surface area contributed by atoms with Crippen LogP contribution in [-0.2, 0) is 0 Å². The van der Waals surface area contributed by atoms with Crippen LogP contribution in [-0.4, -0.2) is 23.6 Å². The minimum absolute atomic E-state index is 0.0123. The highest BCUT2D eigenvalue weighted by Crippen LogP contribution is 2.09. The highest BCUT2D eigenvalue weighted by molar-refractivity contribution is 5.74. The number of nitrogens with two attached hydrogens (primary N) is 1. The van der Waals surface area contributed by atoms with Crippen molar-refractivity contribution in [1.82, 2.24) is 10.2 Å². The number of rotatable bonds is 0. The lowest BCUT2D eigenvalue weighted by molar-refractivity contribution is 0.328. The summed E-state index contributed by atoms with van der Waals surface area (Å²) < 4.78 is 0. The van der Waals surface area contributed by atoms with Crippen LogP contribution >= 0.6 is 0 Å². The second-order valence-electron chi connectivity index (χ2n) is 3.35. The first kappa shape index (κ1) is 11.2. The van der Waals surface area contributed by atoms with Crippen molar-refractivity contribution in [2.45, 2.75) is 19.5 Å². The quantitative estimate of drug-likeness (QED) is 0.409. The van der Waals surface area contributed by atoms with Crippen LogP contribution in [0.5, 0.6) is 0 Å². The van der Waals surface area contributed by atoms with E-state index in [1.165, 1.54) is 0 Å². The maximum absolute atomic E-state index is 7.40. The van der Waals surface area contributed by atoms with Gasteiger partial charge >= 0.3 is 0 Å². The zero-order chi connectivity index (χ0) is 11.4. The molecule has 15 heavy (non-hydrogen) atoms. The predicted octanol–water partition coefficient (Wildman–Crippen LogP) is 0.958. The van der Waals surface area contributed by atoms with E-state index in [4.69, 9.17) is 11.1 Å². The van der Waals surface area contributed by atoms with Gasteiger partial charge in [0.25, 0.3) is 0 Å². The van der Waals surface area contributed by atoms with E-state index in [2.05, 4.69) is 28.7 Å². The minimum Gasteiger partial charge on any atom is -0.370 e. The number of hydrogen-bond acceptors (Lipinski definition) is 4. The maximum Gasteiger partial charge on any atom is 0.190 e. The molecule has 1 aliphatic heterocycles. The number of nitrogens with one attached hydrogen (secondary N) is 2. The summed E-state index contributed by atoms with van der Waals surface area (Å²) >= 11 is 0. The summed E-state index contributed by atoms with van der Waals surface area (Å²) in [5, 5.41) is 18.2. The summed E-state index contributed by atoms with van der Waals surface area (Å²) in [5.41, 5.74) is 6.24. The van der Waals surface area contributed by atoms with Gasteiger partial charge in [-0.1, -0.05) is 13.2 Å². The van der Waals surface area contributed by atoms with E-state index in [1.807, 2.05) is 6.92 Å². The standard InChI is InChI=1S/C9H16N6/c1-6-4-5-15(9(10)11)8(3)14-13-7(2)12-6/h8,12H,1-2,4-5H2,3H3,(H3,10,11). The van der Waals surface area contributed by atoms with Crippen LogP contribution in [0.25, 0.3) is 0 Å². The van der Waals surface area contributed by atoms with Crippen molar-refractivity contribution in [3.05, 3.63) is 24.7 Å². The number of hydrogen-bond donors (Lipinski definition) is 3. The third kappa shape index (κ3) is 3.08. The zero-order valence-electron chi connectivity index (χ0n) is 8.82. The first-order valence-electron chi connectivity index (χ1n) is 4.66. The third-order valence-corrected chi connectivity index (χ3v) is 2.08. The lowest BCUT2D eigenvalue weighted by atomic mass is 10.3. The van der Waals surface area contributed by atoms with E-state index in [9.17, 15) is 0 Å². The van der Waals surface area contributed by atoms with Gasteiger partial charge in [-0.2, -0.15) is 5.11 Å². The average Bonchev–Trinajstić information content (AvgIpc) is 2.18. The van der Waals surface area contributed by atoms with E-state index in [0.29, 0.717) is 18.8 Å². The van der Waals surface area contributed by atoms with Crippen molar-refractivity contribution >= 4 is 5.96 Å². The van der Waals surface area contributed by atoms with Crippen LogP contribution in [0.3, 0.4) is 0 Å². The highest BCUT2D eigenvalue weighted by Gasteiger charge is 2.16. The van der Waals surface area contributed by atoms with Crippen LogP contribution in [0.15, 0.2) is 34.9 Å². The number of nitrogens with zero attached hydrogens (tertiary/aromatic N) is 3. The Balaban J connectivity index is 2.84. The fraction of sp³-hybridized carbons (Fsp3) is 0.444. The van der Waals surface area contributed by atoms with Gasteiger partial charge in [0, 0.05) is 18.7 Å². The molecule has 0 aromatic rings. The summed E-state index contributed by atoms with van der Waals surface area (Å²) in [4.78, 5) is 1.65. The molecule has 6 heteroatoms. The Kier molecular flexibility index (Phi) is 3.43. The van der Waals surface area contributed by atoms with Gasteiger partial charge in [0.1, 0.15) is 12.0 Å². The first-order chi connectivity index (χ1) is 7.00. The van der Waals surface area contributed by atoms with Gasteiger partial charge in [-0.05, 0) is 6.92 Å². The van der Waals surface area contributed by atoms with Gasteiger partial charge < -0.3 is 16.0 Å². The van der Waals surface area contributed by atoms with Crippen LogP contribution in [0.1, 0.15) is 13.3 Å². The van der Waals surface area contributed by atoms with Crippen molar-refractivity contribution in [2.75, 3.05) is 6.54 Å². The lowest BCUT2D eigenvalue weighted by Crippen LogP contribution is -2.42. The average molecular weight is 208 g/mol. The summed E-state index contributed by atoms with van der Waals surface area (Å²) in [6, 6.07) is 0. The van der Waals surface area contributed by atoms with Gasteiger partial charge in [0.2, 0.25) is 0 Å². The Bertz CT molecular complexity index is 319. The van der Waals surface area contributed by atoms with Gasteiger partial charge in [-0.15, -0.1) is 5.11 Å². The van der Waals surface area contributed by atoms with Crippen LogP contribution in [0.4, 0.5) is 0 Å². The molecule has 0 radical (unpaired) electrons. The molecular weight excluding hydrogens is 192 g/mol. The second-order valence-corrected chi connectivity index (χ2v) is 3.35. The minimum atomic E-state index is -0.257. The van der Waals surface area contributed by atoms with Crippen molar-refractivity contribution in [2.24, 2.45) is 16.0 Å². The molecule has 0 amide bonds. The molecule has 0 saturated heterocycles. The number of azo groups is 1. The van der Waals surface area contributed by atoms with E-state index in [0.717, 1.165) is 5.70 Å². The van der Waals surface area contributed by atoms with Crippen molar-refractivity contribution < 1.29 is 0 Å². The molecule has 1 unspecified atom stereocenters. The van der Waals surface area contributed by atoms with Gasteiger partial charge in [-0.3, -0.25) is 5.41 Å². The monoisotopic (exact) mass is 208 g/mol. The van der Waals surface area contributed by atoms with Gasteiger partial charge in [0.15, 0.2) is 5.96 Å². The predicted molar refractivity (Wildman–Crippen MR) is 59.0 cm³/mol. The Morgan fingerprint density at radius 3 is 2.93 bits per heavy atom. The highest BCUT2D eigenvalue weighted by atomic mass is 15.4. The van der Waals surface area contributed by atoms with Crippen molar-refractivity contribution in [3.63, 3.8) is 0 Å². The molecule has 0 aromatic carbocycles. The Labute approximate surface area is 89.1 Å². The molecule has 4 N–H and O–H groups in total.